The molecule has 0 bridgehead atoms. The van der Waals surface area contributed by atoms with Gasteiger partial charge in [0.05, 0.1) is 6.54 Å². The van der Waals surface area contributed by atoms with Gasteiger partial charge in [0.25, 0.3) is 5.91 Å². The maximum Gasteiger partial charge on any atom is 0.349 e. The number of amides is 1. The molecule has 4 rings (SSSR count). The molecule has 3 N–H and O–H groups in total. The summed E-state index contributed by atoms with van der Waals surface area (Å²) in [7, 11) is 0. The number of nitrogens with one attached hydrogen (secondary N) is 3. The maximum atomic E-state index is 12.6. The number of benzene rings is 1. The van der Waals surface area contributed by atoms with Crippen molar-refractivity contribution in [3.63, 3.8) is 0 Å². The second-order valence-electron chi connectivity index (χ2n) is 7.17. The molecular weight excluding hydrogens is 370 g/mol. The molecule has 1 aromatic carbocycles. The molecular formula is C21H23N5O3. The minimum atomic E-state index is -0.599. The predicted octanol–water partition coefficient (Wildman–Crippen LogP) is 2.13. The Bertz CT molecular complexity index is 1050. The highest BCUT2D eigenvalue weighted by Gasteiger charge is 2.22. The molecule has 0 saturated carbocycles. The van der Waals surface area contributed by atoms with E-state index in [-0.39, 0.29) is 18.0 Å². The van der Waals surface area contributed by atoms with Crippen LogP contribution in [0.2, 0.25) is 0 Å². The third-order valence-electron chi connectivity index (χ3n) is 5.12. The molecule has 0 radical (unpaired) electrons. The highest BCUT2D eigenvalue weighted by atomic mass is 16.4. The summed E-state index contributed by atoms with van der Waals surface area (Å²) in [5.74, 6) is 1.45. The first-order valence-corrected chi connectivity index (χ1v) is 9.72. The molecule has 3 heterocycles. The summed E-state index contributed by atoms with van der Waals surface area (Å²) in [6, 6.07) is 11.4. The number of carbonyl (C=O) groups excluding carboxylic acids is 1. The number of aromatic amines is 1. The topological polar surface area (TPSA) is 113 Å². The summed E-state index contributed by atoms with van der Waals surface area (Å²) in [6.07, 6.45) is 1.84. The molecule has 2 aromatic heterocycles. The van der Waals surface area contributed by atoms with Crippen LogP contribution in [-0.4, -0.2) is 34.2 Å². The lowest BCUT2D eigenvalue weighted by molar-refractivity contribution is 0.0944. The van der Waals surface area contributed by atoms with E-state index in [9.17, 15) is 9.59 Å². The smallest absolute Gasteiger partial charge is 0.349 e. The highest BCUT2D eigenvalue weighted by Crippen LogP contribution is 2.25. The molecule has 3 aromatic rings. The minimum Gasteiger partial charge on any atom is -0.427 e. The van der Waals surface area contributed by atoms with Crippen molar-refractivity contribution < 1.29 is 9.21 Å². The van der Waals surface area contributed by atoms with Crippen molar-refractivity contribution in [3.05, 3.63) is 69.5 Å². The van der Waals surface area contributed by atoms with E-state index in [1.165, 1.54) is 0 Å². The lowest BCUT2D eigenvalue weighted by Crippen LogP contribution is -2.31. The normalized spacial score (nSPS) is 14.7. The van der Waals surface area contributed by atoms with Gasteiger partial charge in [-0.05, 0) is 44.5 Å². The van der Waals surface area contributed by atoms with Gasteiger partial charge >= 0.3 is 5.63 Å². The summed E-state index contributed by atoms with van der Waals surface area (Å²) in [4.78, 5) is 29.4. The van der Waals surface area contributed by atoms with Crippen LogP contribution in [0.5, 0.6) is 0 Å². The predicted molar refractivity (Wildman–Crippen MR) is 108 cm³/mol. The average Bonchev–Trinajstić information content (AvgIpc) is 3.22. The number of hydrogen-bond donors (Lipinski definition) is 3. The molecule has 1 saturated heterocycles. The van der Waals surface area contributed by atoms with E-state index in [0.29, 0.717) is 23.0 Å². The van der Waals surface area contributed by atoms with Gasteiger partial charge in [-0.1, -0.05) is 30.3 Å². The van der Waals surface area contributed by atoms with Crippen LogP contribution in [0.1, 0.15) is 46.3 Å². The summed E-state index contributed by atoms with van der Waals surface area (Å²) >= 11 is 0. The summed E-state index contributed by atoms with van der Waals surface area (Å²) in [5, 5.41) is 13.0. The van der Waals surface area contributed by atoms with Gasteiger partial charge in [-0.3, -0.25) is 9.89 Å². The molecule has 1 aliphatic heterocycles. The van der Waals surface area contributed by atoms with Gasteiger partial charge in [-0.15, -0.1) is 0 Å². The van der Waals surface area contributed by atoms with Crippen molar-refractivity contribution in [1.29, 1.82) is 0 Å². The largest absolute Gasteiger partial charge is 0.427 e. The quantitative estimate of drug-likeness (QED) is 0.612. The van der Waals surface area contributed by atoms with Gasteiger partial charge in [-0.25, -0.2) is 9.78 Å². The van der Waals surface area contributed by atoms with E-state index in [1.807, 2.05) is 36.4 Å². The Balaban J connectivity index is 1.45. The van der Waals surface area contributed by atoms with Crippen molar-refractivity contribution in [3.8, 4) is 11.4 Å². The molecule has 29 heavy (non-hydrogen) atoms. The van der Waals surface area contributed by atoms with Crippen molar-refractivity contribution in [2.45, 2.75) is 32.2 Å². The maximum absolute atomic E-state index is 12.6. The summed E-state index contributed by atoms with van der Waals surface area (Å²) < 4.78 is 5.48. The zero-order valence-corrected chi connectivity index (χ0v) is 16.2. The first-order valence-electron chi connectivity index (χ1n) is 9.72. The van der Waals surface area contributed by atoms with Crippen LogP contribution >= 0.6 is 0 Å². The SMILES string of the molecule is Cc1cc(C2CCNCC2)oc(=O)c1C(=O)NCc1nc(-c2ccccc2)n[nH]1. The van der Waals surface area contributed by atoms with Gasteiger partial charge in [0.15, 0.2) is 5.82 Å². The molecule has 1 amide bonds. The molecule has 0 spiro atoms. The van der Waals surface area contributed by atoms with Crippen LogP contribution in [-0.2, 0) is 6.54 Å². The highest BCUT2D eigenvalue weighted by molar-refractivity contribution is 5.95. The van der Waals surface area contributed by atoms with E-state index in [1.54, 1.807) is 6.92 Å². The Labute approximate surface area is 167 Å². The Hall–Kier alpha value is -3.26. The summed E-state index contributed by atoms with van der Waals surface area (Å²) in [6.45, 7) is 3.70. The van der Waals surface area contributed by atoms with Crippen LogP contribution in [0.25, 0.3) is 11.4 Å². The van der Waals surface area contributed by atoms with Crippen LogP contribution in [0.15, 0.2) is 45.6 Å². The lowest BCUT2D eigenvalue weighted by atomic mass is 9.94. The number of rotatable bonds is 5. The fraction of sp³-hybridized carbons (Fsp3) is 0.333. The molecule has 150 valence electrons. The Morgan fingerprint density at radius 2 is 2.00 bits per heavy atom. The molecule has 0 aliphatic carbocycles. The van der Waals surface area contributed by atoms with E-state index >= 15 is 0 Å². The zero-order chi connectivity index (χ0) is 20.2. The number of hydrogen-bond acceptors (Lipinski definition) is 6. The molecule has 1 aliphatic rings. The van der Waals surface area contributed by atoms with Gasteiger partial charge in [0.1, 0.15) is 17.1 Å². The number of aromatic nitrogens is 3. The molecule has 8 heteroatoms. The van der Waals surface area contributed by atoms with Gasteiger partial charge in [0.2, 0.25) is 0 Å². The van der Waals surface area contributed by atoms with Crippen molar-refractivity contribution in [2.24, 2.45) is 0 Å². The minimum absolute atomic E-state index is 0.0329. The number of nitrogens with zero attached hydrogens (tertiary/aromatic N) is 2. The van der Waals surface area contributed by atoms with Crippen LogP contribution in [0.3, 0.4) is 0 Å². The van der Waals surface area contributed by atoms with Gasteiger partial charge in [-0.2, -0.15) is 5.10 Å². The van der Waals surface area contributed by atoms with E-state index in [0.717, 1.165) is 31.5 Å². The van der Waals surface area contributed by atoms with E-state index < -0.39 is 11.5 Å². The number of piperidine rings is 1. The third-order valence-corrected chi connectivity index (χ3v) is 5.12. The number of aryl methyl sites for hydroxylation is 1. The molecule has 0 unspecified atom stereocenters. The fourth-order valence-electron chi connectivity index (χ4n) is 3.56. The number of carbonyl (C=O) groups is 1. The third kappa shape index (κ3) is 4.27. The Morgan fingerprint density at radius 3 is 2.72 bits per heavy atom. The van der Waals surface area contributed by atoms with Crippen LogP contribution < -0.4 is 16.3 Å². The molecule has 8 nitrogen and oxygen atoms in total. The standard InChI is InChI=1S/C21H23N5O3/c1-13-11-16(14-7-9-22-10-8-14)29-21(28)18(13)20(27)23-12-17-24-19(26-25-17)15-5-3-2-4-6-15/h2-6,11,14,22H,7-10,12H2,1H3,(H,23,27)(H,24,25,26). The first-order chi connectivity index (χ1) is 14.1. The molecule has 0 atom stereocenters. The van der Waals surface area contributed by atoms with Crippen LogP contribution in [0.4, 0.5) is 0 Å². The van der Waals surface area contributed by atoms with Crippen molar-refractivity contribution in [2.75, 3.05) is 13.1 Å². The monoisotopic (exact) mass is 393 g/mol. The van der Waals surface area contributed by atoms with Crippen molar-refractivity contribution in [1.82, 2.24) is 25.8 Å². The van der Waals surface area contributed by atoms with E-state index in [4.69, 9.17) is 4.42 Å². The number of H-pyrrole nitrogens is 1. The second kappa shape index (κ2) is 8.40. The fourth-order valence-corrected chi connectivity index (χ4v) is 3.56. The molecule has 1 fully saturated rings. The van der Waals surface area contributed by atoms with Gasteiger partial charge in [0, 0.05) is 11.5 Å². The second-order valence-corrected chi connectivity index (χ2v) is 7.17. The summed E-state index contributed by atoms with van der Waals surface area (Å²) in [5.41, 5.74) is 0.935. The van der Waals surface area contributed by atoms with Gasteiger partial charge < -0.3 is 15.1 Å². The first kappa shape index (κ1) is 19.1. The van der Waals surface area contributed by atoms with E-state index in [2.05, 4.69) is 25.8 Å². The Morgan fingerprint density at radius 1 is 1.24 bits per heavy atom. The average molecular weight is 393 g/mol. The van der Waals surface area contributed by atoms with Crippen molar-refractivity contribution >= 4 is 5.91 Å². The Kier molecular flexibility index (Phi) is 5.53. The van der Waals surface area contributed by atoms with Crippen LogP contribution in [0, 0.1) is 6.92 Å². The lowest BCUT2D eigenvalue weighted by Gasteiger charge is -2.21. The zero-order valence-electron chi connectivity index (χ0n) is 16.2.